The molecule has 0 aromatic heterocycles. The Morgan fingerprint density at radius 1 is 1.03 bits per heavy atom. The number of carbonyl (C=O) groups is 1. The van der Waals surface area contributed by atoms with E-state index in [0.717, 1.165) is 38.9 Å². The lowest BCUT2D eigenvalue weighted by Crippen LogP contribution is -2.60. The Morgan fingerprint density at radius 3 is 2.13 bits per heavy atom. The predicted octanol–water partition coefficient (Wildman–Crippen LogP) is 5.16. The van der Waals surface area contributed by atoms with Crippen LogP contribution in [0.15, 0.2) is 54.6 Å². The normalized spacial score (nSPS) is 16.3. The second-order valence-electron chi connectivity index (χ2n) is 9.74. The van der Waals surface area contributed by atoms with Crippen LogP contribution in [-0.2, 0) is 17.6 Å². The maximum atomic E-state index is 12.2. The van der Waals surface area contributed by atoms with Gasteiger partial charge >= 0.3 is 6.09 Å². The zero-order valence-electron chi connectivity index (χ0n) is 19.2. The number of ether oxygens (including phenoxy) is 1. The van der Waals surface area contributed by atoms with Gasteiger partial charge < -0.3 is 9.64 Å². The molecule has 2 aromatic carbocycles. The molecular weight excluding hydrogens is 384 g/mol. The van der Waals surface area contributed by atoms with Gasteiger partial charge in [0.2, 0.25) is 0 Å². The number of fused-ring (bicyclic) bond motifs is 2. The van der Waals surface area contributed by atoms with E-state index in [0.29, 0.717) is 6.04 Å². The predicted molar refractivity (Wildman–Crippen MR) is 126 cm³/mol. The zero-order chi connectivity index (χ0) is 22.0. The molecule has 1 heterocycles. The van der Waals surface area contributed by atoms with E-state index in [4.69, 9.17) is 4.74 Å². The summed E-state index contributed by atoms with van der Waals surface area (Å²) in [6.07, 6.45) is 5.37. The van der Waals surface area contributed by atoms with Gasteiger partial charge in [-0.3, -0.25) is 4.90 Å². The van der Waals surface area contributed by atoms with Crippen molar-refractivity contribution in [3.63, 3.8) is 0 Å². The molecule has 0 radical (unpaired) electrons. The standard InChI is InChI=1S/C27H34N2O2/c1-27(2,3)31-26(30)29-18-22(19-29)28(4)17-9-14-25-23-12-7-5-10-20(23)15-16-21-11-6-8-13-24(21)25/h5-8,10-14,22H,9,15-19H2,1-4H3. The van der Waals surface area contributed by atoms with Gasteiger partial charge in [-0.05, 0) is 74.9 Å². The van der Waals surface area contributed by atoms with Crippen LogP contribution in [0.5, 0.6) is 0 Å². The van der Waals surface area contributed by atoms with Crippen LogP contribution in [0.3, 0.4) is 0 Å². The second kappa shape index (κ2) is 8.88. The van der Waals surface area contributed by atoms with Crippen LogP contribution in [0.4, 0.5) is 4.79 Å². The number of hydrogen-bond donors (Lipinski definition) is 0. The van der Waals surface area contributed by atoms with Crippen molar-refractivity contribution in [2.75, 3.05) is 26.7 Å². The second-order valence-corrected chi connectivity index (χ2v) is 9.74. The van der Waals surface area contributed by atoms with Crippen molar-refractivity contribution in [1.29, 1.82) is 0 Å². The molecule has 0 unspecified atom stereocenters. The average molecular weight is 419 g/mol. The summed E-state index contributed by atoms with van der Waals surface area (Å²) < 4.78 is 5.47. The molecule has 4 nitrogen and oxygen atoms in total. The summed E-state index contributed by atoms with van der Waals surface area (Å²) in [6, 6.07) is 18.0. The lowest BCUT2D eigenvalue weighted by atomic mass is 9.93. The molecule has 4 rings (SSSR count). The minimum Gasteiger partial charge on any atom is -0.444 e. The van der Waals surface area contributed by atoms with Crippen molar-refractivity contribution in [2.45, 2.75) is 51.7 Å². The maximum Gasteiger partial charge on any atom is 0.410 e. The lowest BCUT2D eigenvalue weighted by Gasteiger charge is -2.44. The topological polar surface area (TPSA) is 32.8 Å². The van der Waals surface area contributed by atoms with Crippen molar-refractivity contribution >= 4 is 11.7 Å². The van der Waals surface area contributed by atoms with E-state index in [1.165, 1.54) is 27.8 Å². The van der Waals surface area contributed by atoms with E-state index < -0.39 is 5.60 Å². The minimum absolute atomic E-state index is 0.203. The molecule has 2 aromatic rings. The van der Waals surface area contributed by atoms with Crippen LogP contribution >= 0.6 is 0 Å². The molecule has 0 bridgehead atoms. The zero-order valence-corrected chi connectivity index (χ0v) is 19.2. The van der Waals surface area contributed by atoms with E-state index in [-0.39, 0.29) is 6.09 Å². The van der Waals surface area contributed by atoms with Crippen molar-refractivity contribution in [3.05, 3.63) is 76.9 Å². The summed E-state index contributed by atoms with van der Waals surface area (Å²) in [6.45, 7) is 8.19. The molecule has 1 aliphatic carbocycles. The van der Waals surface area contributed by atoms with Gasteiger partial charge in [0.25, 0.3) is 0 Å². The summed E-state index contributed by atoms with van der Waals surface area (Å²) in [5, 5.41) is 0. The highest BCUT2D eigenvalue weighted by molar-refractivity contribution is 5.83. The number of carbonyl (C=O) groups excluding carboxylic acids is 1. The molecule has 164 valence electrons. The number of likely N-dealkylation sites (tertiary alicyclic amines) is 1. The maximum absolute atomic E-state index is 12.2. The smallest absolute Gasteiger partial charge is 0.410 e. The number of benzene rings is 2. The SMILES string of the molecule is CN(CCC=C1c2ccccc2CCc2ccccc21)C1CN(C(=O)OC(C)(C)C)C1. The first-order valence-corrected chi connectivity index (χ1v) is 11.4. The van der Waals surface area contributed by atoms with Crippen LogP contribution < -0.4 is 0 Å². The molecule has 1 saturated heterocycles. The largest absolute Gasteiger partial charge is 0.444 e. The Morgan fingerprint density at radius 2 is 1.58 bits per heavy atom. The molecule has 4 heteroatoms. The van der Waals surface area contributed by atoms with Crippen LogP contribution in [-0.4, -0.2) is 54.2 Å². The summed E-state index contributed by atoms with van der Waals surface area (Å²) >= 11 is 0. The van der Waals surface area contributed by atoms with Crippen molar-refractivity contribution < 1.29 is 9.53 Å². The Bertz CT molecular complexity index is 918. The molecule has 2 aliphatic rings. The molecule has 31 heavy (non-hydrogen) atoms. The van der Waals surface area contributed by atoms with Gasteiger partial charge in [-0.2, -0.15) is 0 Å². The van der Waals surface area contributed by atoms with Crippen molar-refractivity contribution in [2.24, 2.45) is 0 Å². The molecule has 0 N–H and O–H groups in total. The summed E-state index contributed by atoms with van der Waals surface area (Å²) in [7, 11) is 2.16. The third-order valence-corrected chi connectivity index (χ3v) is 6.25. The fourth-order valence-corrected chi connectivity index (χ4v) is 4.44. The Hall–Kier alpha value is -2.59. The quantitative estimate of drug-likeness (QED) is 0.688. The number of rotatable bonds is 4. The number of amides is 1. The first kappa shape index (κ1) is 21.6. The summed E-state index contributed by atoms with van der Waals surface area (Å²) in [5.41, 5.74) is 6.53. The Balaban J connectivity index is 1.40. The van der Waals surface area contributed by atoms with Gasteiger partial charge in [-0.15, -0.1) is 0 Å². The molecule has 1 fully saturated rings. The fraction of sp³-hybridized carbons (Fsp3) is 0.444. The van der Waals surface area contributed by atoms with E-state index >= 15 is 0 Å². The van der Waals surface area contributed by atoms with Crippen LogP contribution in [0.1, 0.15) is 49.4 Å². The van der Waals surface area contributed by atoms with Crippen molar-refractivity contribution in [3.8, 4) is 0 Å². The van der Waals surface area contributed by atoms with Crippen LogP contribution in [0.2, 0.25) is 0 Å². The van der Waals surface area contributed by atoms with Crippen LogP contribution in [0, 0.1) is 0 Å². The Labute approximate surface area is 186 Å². The summed E-state index contributed by atoms with van der Waals surface area (Å²) in [4.78, 5) is 16.3. The molecule has 0 spiro atoms. The molecule has 1 amide bonds. The van der Waals surface area contributed by atoms with E-state index in [1.807, 2.05) is 20.8 Å². The van der Waals surface area contributed by atoms with Gasteiger partial charge in [0.05, 0.1) is 0 Å². The van der Waals surface area contributed by atoms with Gasteiger partial charge in [0, 0.05) is 25.7 Å². The highest BCUT2D eigenvalue weighted by Crippen LogP contribution is 2.33. The van der Waals surface area contributed by atoms with E-state index in [9.17, 15) is 4.79 Å². The third-order valence-electron chi connectivity index (χ3n) is 6.25. The van der Waals surface area contributed by atoms with E-state index in [1.54, 1.807) is 4.90 Å². The fourth-order valence-electron chi connectivity index (χ4n) is 4.44. The first-order valence-electron chi connectivity index (χ1n) is 11.4. The van der Waals surface area contributed by atoms with E-state index in [2.05, 4.69) is 66.6 Å². The number of nitrogens with zero attached hydrogens (tertiary/aromatic N) is 2. The molecular formula is C27H34N2O2. The first-order chi connectivity index (χ1) is 14.8. The monoisotopic (exact) mass is 418 g/mol. The van der Waals surface area contributed by atoms with Gasteiger partial charge in [0.15, 0.2) is 0 Å². The molecule has 0 atom stereocenters. The highest BCUT2D eigenvalue weighted by atomic mass is 16.6. The molecule has 1 aliphatic heterocycles. The summed E-state index contributed by atoms with van der Waals surface area (Å²) in [5.74, 6) is 0. The highest BCUT2D eigenvalue weighted by Gasteiger charge is 2.35. The van der Waals surface area contributed by atoms with Gasteiger partial charge in [0.1, 0.15) is 5.60 Å². The minimum atomic E-state index is -0.439. The van der Waals surface area contributed by atoms with Gasteiger partial charge in [-0.1, -0.05) is 54.6 Å². The number of hydrogen-bond acceptors (Lipinski definition) is 3. The lowest BCUT2D eigenvalue weighted by molar-refractivity contribution is -0.0105. The average Bonchev–Trinajstić information content (AvgIpc) is 2.83. The number of likely N-dealkylation sites (N-methyl/N-ethyl adjacent to an activating group) is 1. The van der Waals surface area contributed by atoms with Gasteiger partial charge in [-0.25, -0.2) is 4.79 Å². The van der Waals surface area contributed by atoms with Crippen LogP contribution in [0.25, 0.3) is 5.57 Å². The van der Waals surface area contributed by atoms with Crippen molar-refractivity contribution in [1.82, 2.24) is 9.80 Å². The number of aryl methyl sites for hydroxylation is 2. The molecule has 0 saturated carbocycles. The Kier molecular flexibility index (Phi) is 6.19. The third kappa shape index (κ3) is 5.01.